The first-order valence-electron chi connectivity index (χ1n) is 10.7. The van der Waals surface area contributed by atoms with Crippen LogP contribution in [0.3, 0.4) is 0 Å². The van der Waals surface area contributed by atoms with Crippen molar-refractivity contribution >= 4 is 15.8 Å². The number of aromatic nitrogens is 1. The van der Waals surface area contributed by atoms with Gasteiger partial charge in [0.1, 0.15) is 5.82 Å². The number of pyridine rings is 1. The Morgan fingerprint density at radius 1 is 1.26 bits per heavy atom. The van der Waals surface area contributed by atoms with Crippen LogP contribution in [0, 0.1) is 16.7 Å². The number of aliphatic hydroxyl groups excluding tert-OH is 1. The number of halogens is 3. The number of fused-ring (bicyclic) bond motifs is 2. The van der Waals surface area contributed by atoms with Crippen LogP contribution in [0.15, 0.2) is 18.3 Å². The van der Waals surface area contributed by atoms with Crippen LogP contribution in [-0.4, -0.2) is 60.3 Å². The summed E-state index contributed by atoms with van der Waals surface area (Å²) in [4.78, 5) is 5.79. The molecule has 4 atom stereocenters. The highest BCUT2D eigenvalue weighted by Crippen LogP contribution is 2.66. The third-order valence-corrected chi connectivity index (χ3v) is 10.2. The molecule has 3 fully saturated rings. The number of piperazine rings is 1. The van der Waals surface area contributed by atoms with Crippen molar-refractivity contribution in [1.29, 1.82) is 0 Å². The zero-order valence-corrected chi connectivity index (χ0v) is 18.9. The van der Waals surface area contributed by atoms with Crippen molar-refractivity contribution in [2.24, 2.45) is 16.7 Å². The van der Waals surface area contributed by atoms with Gasteiger partial charge in [0.05, 0.1) is 17.4 Å². The Morgan fingerprint density at radius 2 is 1.97 bits per heavy atom. The zero-order chi connectivity index (χ0) is 22.8. The van der Waals surface area contributed by atoms with E-state index in [1.54, 1.807) is 0 Å². The van der Waals surface area contributed by atoms with Crippen molar-refractivity contribution in [3.05, 3.63) is 23.9 Å². The standard InChI is InChI=1S/C21H30F3N3O3S/c1-14-12-26(8-9-27(14)18-5-4-16(11-25-18)21(22,23)24)31(29,30)13-20-7-6-15(10-17(20)28)19(20,2)3/h4-5,11,14-15,17,28H,6-10,12-13H2,1-3H3/t14-,15+,17+,20+/m0/s1. The molecule has 0 unspecified atom stereocenters. The van der Waals surface area contributed by atoms with Crippen molar-refractivity contribution < 1.29 is 26.7 Å². The number of aliphatic hydroxyl groups is 1. The van der Waals surface area contributed by atoms with Crippen molar-refractivity contribution in [1.82, 2.24) is 9.29 Å². The minimum absolute atomic E-state index is 0.0596. The maximum absolute atomic E-state index is 13.4. The Balaban J connectivity index is 1.47. The third kappa shape index (κ3) is 3.64. The number of hydrogen-bond donors (Lipinski definition) is 1. The first-order valence-corrected chi connectivity index (χ1v) is 12.3. The molecule has 6 nitrogen and oxygen atoms in total. The van der Waals surface area contributed by atoms with Gasteiger partial charge < -0.3 is 10.0 Å². The maximum atomic E-state index is 13.4. The molecule has 1 aromatic heterocycles. The summed E-state index contributed by atoms with van der Waals surface area (Å²) < 4.78 is 66.6. The van der Waals surface area contributed by atoms with Crippen LogP contribution in [0.2, 0.25) is 0 Å². The predicted octanol–water partition coefficient (Wildman–Crippen LogP) is 3.13. The lowest BCUT2D eigenvalue weighted by atomic mass is 9.70. The molecule has 10 heteroatoms. The van der Waals surface area contributed by atoms with E-state index in [0.29, 0.717) is 24.7 Å². The van der Waals surface area contributed by atoms with Crippen LogP contribution in [0.5, 0.6) is 0 Å². The van der Waals surface area contributed by atoms with Gasteiger partial charge in [0.15, 0.2) is 0 Å². The largest absolute Gasteiger partial charge is 0.417 e. The van der Waals surface area contributed by atoms with Gasteiger partial charge in [-0.25, -0.2) is 13.4 Å². The lowest BCUT2D eigenvalue weighted by Crippen LogP contribution is -2.56. The molecule has 0 radical (unpaired) electrons. The second kappa shape index (κ2) is 7.31. The van der Waals surface area contributed by atoms with Gasteiger partial charge in [0, 0.05) is 37.3 Å². The van der Waals surface area contributed by atoms with Crippen LogP contribution < -0.4 is 4.90 Å². The van der Waals surface area contributed by atoms with Crippen LogP contribution in [0.1, 0.15) is 45.6 Å². The summed E-state index contributed by atoms with van der Waals surface area (Å²) in [5.41, 5.74) is -1.65. The zero-order valence-electron chi connectivity index (χ0n) is 18.1. The summed E-state index contributed by atoms with van der Waals surface area (Å²) >= 11 is 0. The first-order chi connectivity index (χ1) is 14.3. The molecule has 3 aliphatic rings. The molecule has 2 aliphatic carbocycles. The molecular formula is C21H30F3N3O3S. The molecule has 1 aliphatic heterocycles. The molecule has 31 heavy (non-hydrogen) atoms. The highest BCUT2D eigenvalue weighted by molar-refractivity contribution is 7.89. The minimum atomic E-state index is -4.44. The van der Waals surface area contributed by atoms with E-state index >= 15 is 0 Å². The number of rotatable bonds is 4. The number of alkyl halides is 3. The molecule has 1 aromatic rings. The van der Waals surface area contributed by atoms with Gasteiger partial charge in [0.2, 0.25) is 10.0 Å². The van der Waals surface area contributed by atoms with Crippen LogP contribution in [0.4, 0.5) is 19.0 Å². The average molecular weight is 462 g/mol. The van der Waals surface area contributed by atoms with Crippen molar-refractivity contribution in [3.63, 3.8) is 0 Å². The lowest BCUT2D eigenvalue weighted by Gasteiger charge is -2.44. The van der Waals surface area contributed by atoms with Crippen LogP contribution in [0.25, 0.3) is 0 Å². The van der Waals surface area contributed by atoms with Crippen molar-refractivity contribution in [2.75, 3.05) is 30.3 Å². The molecule has 0 spiro atoms. The average Bonchev–Trinajstić information content (AvgIpc) is 3.01. The molecule has 2 bridgehead atoms. The topological polar surface area (TPSA) is 73.7 Å². The van der Waals surface area contributed by atoms with Crippen LogP contribution in [-0.2, 0) is 16.2 Å². The fraction of sp³-hybridized carbons (Fsp3) is 0.762. The van der Waals surface area contributed by atoms with E-state index in [-0.39, 0.29) is 30.3 Å². The lowest BCUT2D eigenvalue weighted by molar-refractivity contribution is -0.137. The molecule has 4 rings (SSSR count). The molecule has 1 saturated heterocycles. The van der Waals surface area contributed by atoms with E-state index in [4.69, 9.17) is 0 Å². The number of anilines is 1. The Bertz CT molecular complexity index is 935. The molecule has 2 heterocycles. The fourth-order valence-corrected chi connectivity index (χ4v) is 8.38. The summed E-state index contributed by atoms with van der Waals surface area (Å²) in [6.07, 6.45) is -1.91. The van der Waals surface area contributed by atoms with E-state index in [1.807, 2.05) is 11.8 Å². The quantitative estimate of drug-likeness (QED) is 0.746. The summed E-state index contributed by atoms with van der Waals surface area (Å²) in [5, 5.41) is 10.7. The molecule has 0 aromatic carbocycles. The van der Waals surface area contributed by atoms with Gasteiger partial charge in [-0.05, 0) is 49.7 Å². The number of nitrogens with zero attached hydrogens (tertiary/aromatic N) is 3. The van der Waals surface area contributed by atoms with E-state index in [9.17, 15) is 26.7 Å². The summed E-state index contributed by atoms with van der Waals surface area (Å²) in [6, 6.07) is 2.10. The van der Waals surface area contributed by atoms with Gasteiger partial charge in [-0.15, -0.1) is 0 Å². The van der Waals surface area contributed by atoms with Gasteiger partial charge in [0.25, 0.3) is 0 Å². The highest BCUT2D eigenvalue weighted by Gasteiger charge is 2.65. The normalized spacial score (nSPS) is 33.8. The Kier molecular flexibility index (Phi) is 5.38. The monoisotopic (exact) mass is 461 g/mol. The summed E-state index contributed by atoms with van der Waals surface area (Å²) in [6.45, 7) is 6.83. The number of hydrogen-bond acceptors (Lipinski definition) is 5. The Hall–Kier alpha value is -1.39. The summed E-state index contributed by atoms with van der Waals surface area (Å²) in [5.74, 6) is 0.692. The van der Waals surface area contributed by atoms with Gasteiger partial charge >= 0.3 is 6.18 Å². The second-order valence-electron chi connectivity index (χ2n) is 9.92. The van der Waals surface area contributed by atoms with Gasteiger partial charge in [-0.2, -0.15) is 17.5 Å². The number of sulfonamides is 1. The van der Waals surface area contributed by atoms with Gasteiger partial charge in [-0.3, -0.25) is 0 Å². The molecule has 2 saturated carbocycles. The maximum Gasteiger partial charge on any atom is 0.417 e. The van der Waals surface area contributed by atoms with E-state index < -0.39 is 33.3 Å². The smallest absolute Gasteiger partial charge is 0.392 e. The highest BCUT2D eigenvalue weighted by atomic mass is 32.2. The summed E-state index contributed by atoms with van der Waals surface area (Å²) in [7, 11) is -3.60. The molecular weight excluding hydrogens is 431 g/mol. The predicted molar refractivity (Wildman–Crippen MR) is 111 cm³/mol. The van der Waals surface area contributed by atoms with E-state index in [0.717, 1.165) is 25.1 Å². The SMILES string of the molecule is C[C@H]1CN(S(=O)(=O)C[C@]23CC[C@H](C[C@H]2O)C3(C)C)CCN1c1ccc(C(F)(F)F)cn1. The molecule has 174 valence electrons. The van der Waals surface area contributed by atoms with E-state index in [2.05, 4.69) is 18.8 Å². The Labute approximate surface area is 181 Å². The third-order valence-electron chi connectivity index (χ3n) is 8.18. The fourth-order valence-electron chi connectivity index (χ4n) is 6.04. The Morgan fingerprint density at radius 3 is 2.45 bits per heavy atom. The van der Waals surface area contributed by atoms with Gasteiger partial charge in [-0.1, -0.05) is 13.8 Å². The van der Waals surface area contributed by atoms with Crippen molar-refractivity contribution in [2.45, 2.75) is 58.4 Å². The first kappa shape index (κ1) is 22.8. The minimum Gasteiger partial charge on any atom is -0.392 e. The second-order valence-corrected chi connectivity index (χ2v) is 11.9. The van der Waals surface area contributed by atoms with E-state index in [1.165, 1.54) is 10.4 Å². The molecule has 1 N–H and O–H groups in total. The van der Waals surface area contributed by atoms with Crippen molar-refractivity contribution in [3.8, 4) is 0 Å². The molecule has 0 amide bonds. The van der Waals surface area contributed by atoms with Crippen LogP contribution >= 0.6 is 0 Å².